The maximum Gasteiger partial charge on any atom is 0.0413 e. The van der Waals surface area contributed by atoms with E-state index in [9.17, 15) is 0 Å². The van der Waals surface area contributed by atoms with E-state index in [0.717, 1.165) is 17.6 Å². The molecule has 0 spiro atoms. The van der Waals surface area contributed by atoms with Crippen molar-refractivity contribution in [2.75, 3.05) is 32.1 Å². The van der Waals surface area contributed by atoms with Gasteiger partial charge in [-0.25, -0.2) is 0 Å². The molecule has 2 rings (SSSR count). The van der Waals surface area contributed by atoms with Gasteiger partial charge >= 0.3 is 0 Å². The SMILES string of the molecule is CN(C)C1CCN(c2ccc(Br)cc2CN)C1. The van der Waals surface area contributed by atoms with E-state index in [0.29, 0.717) is 12.6 Å². The van der Waals surface area contributed by atoms with Crippen LogP contribution in [0.2, 0.25) is 0 Å². The number of rotatable bonds is 3. The van der Waals surface area contributed by atoms with Crippen molar-refractivity contribution in [1.82, 2.24) is 4.90 Å². The molecule has 1 aliphatic heterocycles. The first-order valence-corrected chi connectivity index (χ1v) is 6.81. The van der Waals surface area contributed by atoms with Crippen LogP contribution in [0.5, 0.6) is 0 Å². The van der Waals surface area contributed by atoms with Crippen molar-refractivity contribution in [3.63, 3.8) is 0 Å². The van der Waals surface area contributed by atoms with E-state index >= 15 is 0 Å². The van der Waals surface area contributed by atoms with Crippen LogP contribution in [-0.2, 0) is 6.54 Å². The Bertz CT molecular complexity index is 392. The standard InChI is InChI=1S/C13H20BrN3/c1-16(2)12-5-6-17(9-12)13-4-3-11(14)7-10(13)8-15/h3-4,7,12H,5-6,8-9,15H2,1-2H3. The maximum atomic E-state index is 5.82. The number of halogens is 1. The van der Waals surface area contributed by atoms with Crippen molar-refractivity contribution >= 4 is 21.6 Å². The third-order valence-electron chi connectivity index (χ3n) is 3.50. The molecular weight excluding hydrogens is 278 g/mol. The fourth-order valence-electron chi connectivity index (χ4n) is 2.41. The number of hydrogen-bond donors (Lipinski definition) is 1. The zero-order valence-electron chi connectivity index (χ0n) is 10.5. The Hall–Kier alpha value is -0.580. The van der Waals surface area contributed by atoms with Gasteiger partial charge in [0.25, 0.3) is 0 Å². The van der Waals surface area contributed by atoms with Gasteiger partial charge in [0.15, 0.2) is 0 Å². The monoisotopic (exact) mass is 297 g/mol. The van der Waals surface area contributed by atoms with E-state index in [-0.39, 0.29) is 0 Å². The lowest BCUT2D eigenvalue weighted by atomic mass is 10.1. The summed E-state index contributed by atoms with van der Waals surface area (Å²) in [6, 6.07) is 7.05. The zero-order valence-corrected chi connectivity index (χ0v) is 12.1. The van der Waals surface area contributed by atoms with E-state index in [4.69, 9.17) is 5.73 Å². The minimum absolute atomic E-state index is 0.595. The lowest BCUT2D eigenvalue weighted by Gasteiger charge is -2.24. The molecule has 1 aliphatic rings. The van der Waals surface area contributed by atoms with Crippen molar-refractivity contribution in [2.24, 2.45) is 5.73 Å². The van der Waals surface area contributed by atoms with E-state index in [1.165, 1.54) is 17.7 Å². The van der Waals surface area contributed by atoms with Gasteiger partial charge in [-0.15, -0.1) is 0 Å². The Morgan fingerprint density at radius 1 is 1.47 bits per heavy atom. The summed E-state index contributed by atoms with van der Waals surface area (Å²) in [6.45, 7) is 2.82. The van der Waals surface area contributed by atoms with Crippen LogP contribution in [0, 0.1) is 0 Å². The van der Waals surface area contributed by atoms with Crippen molar-refractivity contribution in [3.8, 4) is 0 Å². The van der Waals surface area contributed by atoms with Crippen LogP contribution in [-0.4, -0.2) is 38.1 Å². The topological polar surface area (TPSA) is 32.5 Å². The molecule has 1 aromatic rings. The number of anilines is 1. The molecule has 1 unspecified atom stereocenters. The van der Waals surface area contributed by atoms with Crippen molar-refractivity contribution in [1.29, 1.82) is 0 Å². The summed E-state index contributed by atoms with van der Waals surface area (Å²) in [6.07, 6.45) is 1.23. The summed E-state index contributed by atoms with van der Waals surface area (Å²) >= 11 is 3.50. The predicted molar refractivity (Wildman–Crippen MR) is 76.3 cm³/mol. The lowest BCUT2D eigenvalue weighted by molar-refractivity contribution is 0.315. The van der Waals surface area contributed by atoms with Crippen molar-refractivity contribution in [3.05, 3.63) is 28.2 Å². The van der Waals surface area contributed by atoms with Gasteiger partial charge in [-0.05, 0) is 44.3 Å². The van der Waals surface area contributed by atoms with E-state index < -0.39 is 0 Å². The number of benzene rings is 1. The highest BCUT2D eigenvalue weighted by atomic mass is 79.9. The molecule has 0 saturated carbocycles. The Kier molecular flexibility index (Phi) is 4.07. The molecule has 1 heterocycles. The first kappa shape index (κ1) is 12.9. The van der Waals surface area contributed by atoms with Gasteiger partial charge in [-0.3, -0.25) is 0 Å². The fraction of sp³-hybridized carbons (Fsp3) is 0.538. The molecule has 2 N–H and O–H groups in total. The number of hydrogen-bond acceptors (Lipinski definition) is 3. The van der Waals surface area contributed by atoms with Crippen LogP contribution in [0.1, 0.15) is 12.0 Å². The second-order valence-corrected chi connectivity index (χ2v) is 5.74. The minimum Gasteiger partial charge on any atom is -0.370 e. The second-order valence-electron chi connectivity index (χ2n) is 4.83. The molecule has 94 valence electrons. The summed E-state index contributed by atoms with van der Waals surface area (Å²) in [5.74, 6) is 0. The summed E-state index contributed by atoms with van der Waals surface area (Å²) in [5, 5.41) is 0. The molecule has 1 saturated heterocycles. The number of likely N-dealkylation sites (N-methyl/N-ethyl adjacent to an activating group) is 1. The molecular formula is C13H20BrN3. The fourth-order valence-corrected chi connectivity index (χ4v) is 2.82. The second kappa shape index (κ2) is 5.38. The molecule has 0 radical (unpaired) electrons. The van der Waals surface area contributed by atoms with Gasteiger partial charge < -0.3 is 15.5 Å². The van der Waals surface area contributed by atoms with E-state index in [2.05, 4.69) is 58.0 Å². The van der Waals surface area contributed by atoms with Gasteiger partial charge in [-0.2, -0.15) is 0 Å². The van der Waals surface area contributed by atoms with Crippen LogP contribution in [0.25, 0.3) is 0 Å². The van der Waals surface area contributed by atoms with Crippen LogP contribution in [0.4, 0.5) is 5.69 Å². The van der Waals surface area contributed by atoms with Gasteiger partial charge in [0.05, 0.1) is 0 Å². The molecule has 4 heteroatoms. The lowest BCUT2D eigenvalue weighted by Crippen LogP contribution is -2.31. The average molecular weight is 298 g/mol. The molecule has 17 heavy (non-hydrogen) atoms. The van der Waals surface area contributed by atoms with Crippen LogP contribution < -0.4 is 10.6 Å². The maximum absolute atomic E-state index is 5.82. The summed E-state index contributed by atoms with van der Waals surface area (Å²) in [7, 11) is 4.30. The average Bonchev–Trinajstić information content (AvgIpc) is 2.78. The normalized spacial score (nSPS) is 20.3. The first-order chi connectivity index (χ1) is 8.11. The van der Waals surface area contributed by atoms with Gasteiger partial charge in [0.1, 0.15) is 0 Å². The predicted octanol–water partition coefficient (Wildman–Crippen LogP) is 2.05. The summed E-state index contributed by atoms with van der Waals surface area (Å²) in [5.41, 5.74) is 8.34. The molecule has 3 nitrogen and oxygen atoms in total. The van der Waals surface area contributed by atoms with E-state index in [1.807, 2.05) is 0 Å². The number of nitrogens with zero attached hydrogens (tertiary/aromatic N) is 2. The van der Waals surface area contributed by atoms with Gasteiger partial charge in [-0.1, -0.05) is 15.9 Å². The van der Waals surface area contributed by atoms with Crippen LogP contribution in [0.15, 0.2) is 22.7 Å². The molecule has 1 atom stereocenters. The Labute approximate surface area is 112 Å². The molecule has 0 aromatic heterocycles. The summed E-state index contributed by atoms with van der Waals surface area (Å²) < 4.78 is 1.10. The molecule has 0 amide bonds. The molecule has 1 aromatic carbocycles. The number of nitrogens with two attached hydrogens (primary N) is 1. The smallest absolute Gasteiger partial charge is 0.0413 e. The Morgan fingerprint density at radius 2 is 2.24 bits per heavy atom. The van der Waals surface area contributed by atoms with E-state index in [1.54, 1.807) is 0 Å². The minimum atomic E-state index is 0.595. The quantitative estimate of drug-likeness (QED) is 0.927. The Morgan fingerprint density at radius 3 is 2.82 bits per heavy atom. The van der Waals surface area contributed by atoms with Crippen molar-refractivity contribution < 1.29 is 0 Å². The van der Waals surface area contributed by atoms with Crippen molar-refractivity contribution in [2.45, 2.75) is 19.0 Å². The first-order valence-electron chi connectivity index (χ1n) is 6.01. The largest absolute Gasteiger partial charge is 0.370 e. The molecule has 1 fully saturated rings. The van der Waals surface area contributed by atoms with Gasteiger partial charge in [0, 0.05) is 35.8 Å². The van der Waals surface area contributed by atoms with Gasteiger partial charge in [0.2, 0.25) is 0 Å². The highest BCUT2D eigenvalue weighted by Crippen LogP contribution is 2.28. The highest BCUT2D eigenvalue weighted by molar-refractivity contribution is 9.10. The third-order valence-corrected chi connectivity index (χ3v) is 3.99. The zero-order chi connectivity index (χ0) is 12.4. The Balaban J connectivity index is 2.18. The summed E-state index contributed by atoms with van der Waals surface area (Å²) in [4.78, 5) is 4.75. The molecule has 0 aliphatic carbocycles. The van der Waals surface area contributed by atoms with Crippen LogP contribution >= 0.6 is 15.9 Å². The molecule has 0 bridgehead atoms. The van der Waals surface area contributed by atoms with Crippen LogP contribution in [0.3, 0.4) is 0 Å². The third kappa shape index (κ3) is 2.81. The highest BCUT2D eigenvalue weighted by Gasteiger charge is 2.25.